The summed E-state index contributed by atoms with van der Waals surface area (Å²) in [5, 5.41) is 0. The summed E-state index contributed by atoms with van der Waals surface area (Å²) in [6.07, 6.45) is 9.61. The van der Waals surface area contributed by atoms with Gasteiger partial charge in [0.15, 0.2) is 0 Å². The summed E-state index contributed by atoms with van der Waals surface area (Å²) in [5.74, 6) is 0. The Balaban J connectivity index is 2.50. The van der Waals surface area contributed by atoms with Crippen molar-refractivity contribution in [3.8, 4) is 0 Å². The Morgan fingerprint density at radius 2 is 1.54 bits per heavy atom. The molecule has 0 unspecified atom stereocenters. The van der Waals surface area contributed by atoms with Gasteiger partial charge in [0.1, 0.15) is 0 Å². The summed E-state index contributed by atoms with van der Waals surface area (Å²) in [4.78, 5) is 0. The third-order valence-electron chi connectivity index (χ3n) is 1.49. The first-order valence-electron chi connectivity index (χ1n) is 4.08. The lowest BCUT2D eigenvalue weighted by atomic mass is 10.2. The van der Waals surface area contributed by atoms with E-state index in [0.29, 0.717) is 0 Å². The molecule has 1 aromatic carbocycles. The van der Waals surface area contributed by atoms with Gasteiger partial charge in [0.25, 0.3) is 0 Å². The molecule has 1 aromatic rings. The largest absolute Gasteiger partial charge is 0.0930 e. The van der Waals surface area contributed by atoms with Crippen LogP contribution in [0.5, 0.6) is 0 Å². The highest BCUT2D eigenvalue weighted by molar-refractivity contribution is 6.25. The fourth-order valence-electron chi connectivity index (χ4n) is 0.901. The zero-order valence-corrected chi connectivity index (χ0v) is 7.98. The SMILES string of the molecule is Cl/C=C/C=C/C=C/c1ccccc1. The molecule has 0 aliphatic heterocycles. The van der Waals surface area contributed by atoms with E-state index in [2.05, 4.69) is 12.1 Å². The van der Waals surface area contributed by atoms with Gasteiger partial charge in [-0.05, 0) is 5.56 Å². The number of allylic oxidation sites excluding steroid dienone is 4. The molecule has 0 aliphatic rings. The predicted octanol–water partition coefficient (Wildman–Crippen LogP) is 4.01. The molecule has 0 nitrogen and oxygen atoms in total. The molecular formula is C12H11Cl. The zero-order valence-electron chi connectivity index (χ0n) is 7.23. The molecule has 0 saturated heterocycles. The molecule has 0 fully saturated rings. The van der Waals surface area contributed by atoms with Crippen LogP contribution in [0.15, 0.2) is 60.2 Å². The summed E-state index contributed by atoms with van der Waals surface area (Å²) in [5.41, 5.74) is 2.68. The molecule has 1 heteroatoms. The van der Waals surface area contributed by atoms with Crippen molar-refractivity contribution in [3.05, 3.63) is 65.7 Å². The number of benzene rings is 1. The minimum absolute atomic E-state index is 1.20. The zero-order chi connectivity index (χ0) is 9.36. The van der Waals surface area contributed by atoms with E-state index in [1.54, 1.807) is 6.08 Å². The monoisotopic (exact) mass is 190 g/mol. The number of hydrogen-bond acceptors (Lipinski definition) is 0. The first-order valence-corrected chi connectivity index (χ1v) is 4.52. The average molecular weight is 191 g/mol. The van der Waals surface area contributed by atoms with Gasteiger partial charge < -0.3 is 0 Å². The number of halogens is 1. The van der Waals surface area contributed by atoms with E-state index in [4.69, 9.17) is 11.6 Å². The van der Waals surface area contributed by atoms with Gasteiger partial charge in [-0.3, -0.25) is 0 Å². The van der Waals surface area contributed by atoms with E-state index >= 15 is 0 Å². The van der Waals surface area contributed by atoms with Gasteiger partial charge in [0.2, 0.25) is 0 Å². The van der Waals surface area contributed by atoms with Gasteiger partial charge in [0, 0.05) is 5.54 Å². The molecule has 0 saturated carbocycles. The first-order chi connectivity index (χ1) is 6.43. The fraction of sp³-hybridized carbons (Fsp3) is 0. The van der Waals surface area contributed by atoms with Crippen molar-refractivity contribution < 1.29 is 0 Å². The molecule has 0 amide bonds. The molecule has 0 bridgehead atoms. The molecule has 0 heterocycles. The smallest absolute Gasteiger partial charge is 0.00424 e. The molecule has 66 valence electrons. The maximum absolute atomic E-state index is 5.34. The van der Waals surface area contributed by atoms with E-state index in [1.165, 1.54) is 11.1 Å². The highest BCUT2D eigenvalue weighted by atomic mass is 35.5. The van der Waals surface area contributed by atoms with Crippen molar-refractivity contribution in [2.24, 2.45) is 0 Å². The van der Waals surface area contributed by atoms with Crippen LogP contribution in [-0.2, 0) is 0 Å². The lowest BCUT2D eigenvalue weighted by molar-refractivity contribution is 1.66. The number of rotatable bonds is 3. The van der Waals surface area contributed by atoms with Crippen LogP contribution in [0.4, 0.5) is 0 Å². The molecular weight excluding hydrogens is 180 g/mol. The van der Waals surface area contributed by atoms with E-state index in [-0.39, 0.29) is 0 Å². The van der Waals surface area contributed by atoms with Crippen molar-refractivity contribution in [1.82, 2.24) is 0 Å². The summed E-state index contributed by atoms with van der Waals surface area (Å²) < 4.78 is 0. The lowest BCUT2D eigenvalue weighted by Gasteiger charge is -1.87. The van der Waals surface area contributed by atoms with E-state index in [1.807, 2.05) is 42.5 Å². The van der Waals surface area contributed by atoms with Crippen LogP contribution in [0.1, 0.15) is 5.56 Å². The summed E-state index contributed by atoms with van der Waals surface area (Å²) >= 11 is 5.34. The van der Waals surface area contributed by atoms with Crippen LogP contribution in [0.25, 0.3) is 6.08 Å². The van der Waals surface area contributed by atoms with Crippen LogP contribution < -0.4 is 0 Å². The Morgan fingerprint density at radius 3 is 2.23 bits per heavy atom. The maximum Gasteiger partial charge on any atom is 0.00424 e. The Labute approximate surface area is 83.9 Å². The van der Waals surface area contributed by atoms with E-state index in [9.17, 15) is 0 Å². The second-order valence-electron chi connectivity index (χ2n) is 2.47. The van der Waals surface area contributed by atoms with Crippen LogP contribution in [-0.4, -0.2) is 0 Å². The topological polar surface area (TPSA) is 0 Å². The van der Waals surface area contributed by atoms with Gasteiger partial charge in [-0.25, -0.2) is 0 Å². The third-order valence-corrected chi connectivity index (χ3v) is 1.64. The van der Waals surface area contributed by atoms with Gasteiger partial charge >= 0.3 is 0 Å². The van der Waals surface area contributed by atoms with Crippen molar-refractivity contribution in [2.75, 3.05) is 0 Å². The standard InChI is InChI=1S/C12H11Cl/c13-11-7-2-1-4-8-12-9-5-3-6-10-12/h1-11H/b2-1+,8-4+,11-7+. The molecule has 0 radical (unpaired) electrons. The van der Waals surface area contributed by atoms with Crippen LogP contribution >= 0.6 is 11.6 Å². The normalized spacial score (nSPS) is 12.1. The van der Waals surface area contributed by atoms with Crippen molar-refractivity contribution in [2.45, 2.75) is 0 Å². The Bertz CT molecular complexity index is 307. The molecule has 0 N–H and O–H groups in total. The molecule has 0 atom stereocenters. The van der Waals surface area contributed by atoms with Crippen molar-refractivity contribution in [3.63, 3.8) is 0 Å². The van der Waals surface area contributed by atoms with Gasteiger partial charge in [-0.1, -0.05) is 72.3 Å². The Hall–Kier alpha value is -1.27. The minimum atomic E-state index is 1.20. The lowest BCUT2D eigenvalue weighted by Crippen LogP contribution is -1.66. The summed E-state index contributed by atoms with van der Waals surface area (Å²) in [6, 6.07) is 10.1. The summed E-state index contributed by atoms with van der Waals surface area (Å²) in [6.45, 7) is 0. The van der Waals surface area contributed by atoms with Gasteiger partial charge in [0.05, 0.1) is 0 Å². The quantitative estimate of drug-likeness (QED) is 0.632. The Kier molecular flexibility index (Phi) is 4.73. The molecule has 0 aromatic heterocycles. The number of hydrogen-bond donors (Lipinski definition) is 0. The van der Waals surface area contributed by atoms with Crippen LogP contribution in [0.2, 0.25) is 0 Å². The predicted molar refractivity (Wildman–Crippen MR) is 59.6 cm³/mol. The highest BCUT2D eigenvalue weighted by Crippen LogP contribution is 2.00. The molecule has 13 heavy (non-hydrogen) atoms. The second kappa shape index (κ2) is 6.27. The average Bonchev–Trinajstić information content (AvgIpc) is 2.19. The Morgan fingerprint density at radius 1 is 0.846 bits per heavy atom. The van der Waals surface area contributed by atoms with Crippen LogP contribution in [0, 0.1) is 0 Å². The fourth-order valence-corrected chi connectivity index (χ4v) is 0.985. The first kappa shape index (κ1) is 9.82. The van der Waals surface area contributed by atoms with Gasteiger partial charge in [-0.2, -0.15) is 0 Å². The van der Waals surface area contributed by atoms with Crippen molar-refractivity contribution >= 4 is 17.7 Å². The minimum Gasteiger partial charge on any atom is -0.0930 e. The second-order valence-corrected chi connectivity index (χ2v) is 2.73. The molecule has 0 spiro atoms. The van der Waals surface area contributed by atoms with Gasteiger partial charge in [-0.15, -0.1) is 0 Å². The van der Waals surface area contributed by atoms with Crippen molar-refractivity contribution in [1.29, 1.82) is 0 Å². The van der Waals surface area contributed by atoms with Crippen LogP contribution in [0.3, 0.4) is 0 Å². The third kappa shape index (κ3) is 4.34. The maximum atomic E-state index is 5.34. The van der Waals surface area contributed by atoms with E-state index < -0.39 is 0 Å². The molecule has 0 aliphatic carbocycles. The molecule has 1 rings (SSSR count). The highest BCUT2D eigenvalue weighted by Gasteiger charge is 1.78. The summed E-state index contributed by atoms with van der Waals surface area (Å²) in [7, 11) is 0. The van der Waals surface area contributed by atoms with E-state index in [0.717, 1.165) is 0 Å².